The molecule has 34 heavy (non-hydrogen) atoms. The van der Waals surface area contributed by atoms with Crippen molar-refractivity contribution in [3.05, 3.63) is 69.9 Å². The van der Waals surface area contributed by atoms with Gasteiger partial charge >= 0.3 is 6.18 Å². The summed E-state index contributed by atoms with van der Waals surface area (Å²) in [5.74, 6) is 0.631. The predicted molar refractivity (Wildman–Crippen MR) is 118 cm³/mol. The Morgan fingerprint density at radius 3 is 2.62 bits per heavy atom. The minimum absolute atomic E-state index is 0.0530. The van der Waals surface area contributed by atoms with Gasteiger partial charge in [-0.3, -0.25) is 14.9 Å². The molecule has 3 aromatic rings. The Morgan fingerprint density at radius 1 is 1.21 bits per heavy atom. The minimum Gasteiger partial charge on any atom is -0.493 e. The molecule has 9 nitrogen and oxygen atoms in total. The standard InChI is InChI=1S/C21H19F3N4O5S/c1-32-16-5-3-4-13(20(16)33-2)11-27-18(8-9-25-27)26-19(29)12-34-17-7-6-14(21(22,23)24)10-15(17)28(30)31/h3-10H,11-12H2,1-2H3,(H,26,29). The second-order valence-corrected chi connectivity index (χ2v) is 7.82. The van der Waals surface area contributed by atoms with E-state index in [1.807, 2.05) is 6.07 Å². The number of methoxy groups -OCH3 is 2. The molecular formula is C21H19F3N4O5S. The first kappa shape index (κ1) is 24.9. The van der Waals surface area contributed by atoms with Crippen LogP contribution in [-0.4, -0.2) is 40.6 Å². The molecule has 180 valence electrons. The van der Waals surface area contributed by atoms with Gasteiger partial charge in [-0.05, 0) is 18.2 Å². The van der Waals surface area contributed by atoms with Crippen LogP contribution in [-0.2, 0) is 17.5 Å². The number of amides is 1. The second-order valence-electron chi connectivity index (χ2n) is 6.80. The Morgan fingerprint density at radius 2 is 1.97 bits per heavy atom. The van der Waals surface area contributed by atoms with E-state index in [-0.39, 0.29) is 17.2 Å². The molecule has 1 amide bonds. The highest BCUT2D eigenvalue weighted by molar-refractivity contribution is 8.00. The molecular weight excluding hydrogens is 477 g/mol. The zero-order chi connectivity index (χ0) is 24.9. The molecule has 3 rings (SSSR count). The van der Waals surface area contributed by atoms with E-state index >= 15 is 0 Å². The topological polar surface area (TPSA) is 109 Å². The van der Waals surface area contributed by atoms with Crippen LogP contribution >= 0.6 is 11.8 Å². The van der Waals surface area contributed by atoms with Gasteiger partial charge in [0.1, 0.15) is 5.82 Å². The van der Waals surface area contributed by atoms with Crippen LogP contribution in [0.25, 0.3) is 0 Å². The molecule has 0 fully saturated rings. The molecule has 0 saturated carbocycles. The number of thioether (sulfide) groups is 1. The van der Waals surface area contributed by atoms with E-state index in [4.69, 9.17) is 9.47 Å². The van der Waals surface area contributed by atoms with Crippen LogP contribution in [0.1, 0.15) is 11.1 Å². The summed E-state index contributed by atoms with van der Waals surface area (Å²) in [4.78, 5) is 22.7. The van der Waals surface area contributed by atoms with E-state index < -0.39 is 28.3 Å². The summed E-state index contributed by atoms with van der Waals surface area (Å²) in [6, 6.07) is 9.08. The van der Waals surface area contributed by atoms with Gasteiger partial charge in [0.05, 0.1) is 48.1 Å². The highest BCUT2D eigenvalue weighted by Gasteiger charge is 2.33. The Bertz CT molecular complexity index is 1200. The number of carbonyl (C=O) groups is 1. The van der Waals surface area contributed by atoms with Crippen molar-refractivity contribution in [1.82, 2.24) is 9.78 Å². The van der Waals surface area contributed by atoms with Crippen LogP contribution in [0.2, 0.25) is 0 Å². The van der Waals surface area contributed by atoms with Gasteiger partial charge in [0, 0.05) is 17.7 Å². The van der Waals surface area contributed by atoms with Gasteiger partial charge in [0.15, 0.2) is 11.5 Å². The molecule has 0 bridgehead atoms. The van der Waals surface area contributed by atoms with Crippen molar-refractivity contribution in [2.45, 2.75) is 17.6 Å². The average Bonchev–Trinajstić information content (AvgIpc) is 3.22. The van der Waals surface area contributed by atoms with Crippen LogP contribution < -0.4 is 14.8 Å². The number of nitro benzene ring substituents is 1. The monoisotopic (exact) mass is 496 g/mol. The number of hydrogen-bond donors (Lipinski definition) is 1. The number of nitro groups is 1. The maximum absolute atomic E-state index is 12.9. The molecule has 0 radical (unpaired) electrons. The number of ether oxygens (including phenoxy) is 2. The zero-order valence-corrected chi connectivity index (χ0v) is 18.8. The van der Waals surface area contributed by atoms with E-state index in [0.29, 0.717) is 23.4 Å². The first-order chi connectivity index (χ1) is 16.1. The number of nitrogens with zero attached hydrogens (tertiary/aromatic N) is 3. The van der Waals surface area contributed by atoms with Crippen LogP contribution in [0.3, 0.4) is 0 Å². The lowest BCUT2D eigenvalue weighted by atomic mass is 10.2. The highest BCUT2D eigenvalue weighted by Crippen LogP contribution is 2.36. The Balaban J connectivity index is 1.70. The summed E-state index contributed by atoms with van der Waals surface area (Å²) in [6.07, 6.45) is -3.23. The first-order valence-corrected chi connectivity index (χ1v) is 10.6. The van der Waals surface area contributed by atoms with Gasteiger partial charge in [0.25, 0.3) is 5.69 Å². The van der Waals surface area contributed by atoms with Gasteiger partial charge < -0.3 is 14.8 Å². The fraction of sp³-hybridized carbons (Fsp3) is 0.238. The molecule has 0 unspecified atom stereocenters. The number of benzene rings is 2. The smallest absolute Gasteiger partial charge is 0.416 e. The molecule has 0 atom stereocenters. The molecule has 1 heterocycles. The van der Waals surface area contributed by atoms with Crippen molar-refractivity contribution in [3.8, 4) is 11.5 Å². The van der Waals surface area contributed by atoms with Gasteiger partial charge in [-0.1, -0.05) is 12.1 Å². The lowest BCUT2D eigenvalue weighted by molar-refractivity contribution is -0.388. The van der Waals surface area contributed by atoms with Gasteiger partial charge in [-0.15, -0.1) is 11.8 Å². The van der Waals surface area contributed by atoms with Crippen molar-refractivity contribution in [1.29, 1.82) is 0 Å². The molecule has 0 saturated heterocycles. The molecule has 13 heteroatoms. The molecule has 0 aliphatic rings. The second kappa shape index (κ2) is 10.5. The van der Waals surface area contributed by atoms with Crippen molar-refractivity contribution in [3.63, 3.8) is 0 Å². The number of nitrogens with one attached hydrogen (secondary N) is 1. The predicted octanol–water partition coefficient (Wildman–Crippen LogP) is 4.61. The maximum Gasteiger partial charge on any atom is 0.416 e. The fourth-order valence-corrected chi connectivity index (χ4v) is 3.89. The number of halogens is 3. The van der Waals surface area contributed by atoms with Crippen molar-refractivity contribution >= 4 is 29.2 Å². The summed E-state index contributed by atoms with van der Waals surface area (Å²) >= 11 is 0.758. The average molecular weight is 496 g/mol. The van der Waals surface area contributed by atoms with Gasteiger partial charge in [0.2, 0.25) is 5.91 Å². The normalized spacial score (nSPS) is 11.2. The minimum atomic E-state index is -4.71. The van der Waals surface area contributed by atoms with Gasteiger partial charge in [-0.2, -0.15) is 18.3 Å². The van der Waals surface area contributed by atoms with Crippen LogP contribution in [0.5, 0.6) is 11.5 Å². The number of aromatic nitrogens is 2. The molecule has 0 aliphatic heterocycles. The lowest BCUT2D eigenvalue weighted by Crippen LogP contribution is -2.18. The third kappa shape index (κ3) is 5.78. The summed E-state index contributed by atoms with van der Waals surface area (Å²) in [5, 5.41) is 18.0. The summed E-state index contributed by atoms with van der Waals surface area (Å²) in [5.41, 5.74) is -1.11. The number of rotatable bonds is 9. The van der Waals surface area contributed by atoms with E-state index in [2.05, 4.69) is 10.4 Å². The van der Waals surface area contributed by atoms with Crippen LogP contribution in [0, 0.1) is 10.1 Å². The number of hydrogen-bond acceptors (Lipinski definition) is 7. The third-order valence-electron chi connectivity index (χ3n) is 4.63. The molecule has 1 N–H and O–H groups in total. The first-order valence-electron chi connectivity index (χ1n) is 9.64. The SMILES string of the molecule is COc1cccc(Cn2nccc2NC(=O)CSc2ccc(C(F)(F)F)cc2[N+](=O)[O-])c1OC. The van der Waals surface area contributed by atoms with E-state index in [1.165, 1.54) is 25.1 Å². The molecule has 0 spiro atoms. The van der Waals surface area contributed by atoms with Crippen molar-refractivity contribution in [2.24, 2.45) is 0 Å². The number of para-hydroxylation sites is 1. The quantitative estimate of drug-likeness (QED) is 0.262. The third-order valence-corrected chi connectivity index (χ3v) is 5.69. The summed E-state index contributed by atoms with van der Waals surface area (Å²) < 4.78 is 50.8. The number of alkyl halides is 3. The van der Waals surface area contributed by atoms with Crippen molar-refractivity contribution in [2.75, 3.05) is 25.3 Å². The van der Waals surface area contributed by atoms with E-state index in [0.717, 1.165) is 29.5 Å². The fourth-order valence-electron chi connectivity index (χ4n) is 3.09. The lowest BCUT2D eigenvalue weighted by Gasteiger charge is -2.14. The number of carbonyl (C=O) groups excluding carboxylic acids is 1. The van der Waals surface area contributed by atoms with Crippen LogP contribution in [0.4, 0.5) is 24.7 Å². The van der Waals surface area contributed by atoms with Crippen LogP contribution in [0.15, 0.2) is 53.6 Å². The van der Waals surface area contributed by atoms with Crippen molar-refractivity contribution < 1.29 is 32.4 Å². The Labute approximate surface area is 196 Å². The Kier molecular flexibility index (Phi) is 7.66. The maximum atomic E-state index is 12.9. The zero-order valence-electron chi connectivity index (χ0n) is 18.0. The molecule has 1 aromatic heterocycles. The molecule has 0 aliphatic carbocycles. The summed E-state index contributed by atoms with van der Waals surface area (Å²) in [7, 11) is 3.02. The highest BCUT2D eigenvalue weighted by atomic mass is 32.2. The Hall–Kier alpha value is -3.74. The van der Waals surface area contributed by atoms with E-state index in [1.54, 1.807) is 18.2 Å². The van der Waals surface area contributed by atoms with Gasteiger partial charge in [-0.25, -0.2) is 4.68 Å². The molecule has 2 aromatic carbocycles. The number of anilines is 1. The van der Waals surface area contributed by atoms with E-state index in [9.17, 15) is 28.1 Å². The summed E-state index contributed by atoms with van der Waals surface area (Å²) in [6.45, 7) is 0.251. The largest absolute Gasteiger partial charge is 0.493 e.